The lowest BCUT2D eigenvalue weighted by atomic mass is 9.97. The highest BCUT2D eigenvalue weighted by molar-refractivity contribution is 5.93. The molecule has 1 aromatic carbocycles. The molecule has 2 aliphatic heterocycles. The maximum absolute atomic E-state index is 15.1. The molecule has 0 bridgehead atoms. The van der Waals surface area contributed by atoms with Gasteiger partial charge in [0.1, 0.15) is 29.7 Å². The van der Waals surface area contributed by atoms with Crippen molar-refractivity contribution in [3.05, 3.63) is 52.3 Å². The van der Waals surface area contributed by atoms with Crippen molar-refractivity contribution in [2.45, 2.75) is 49.5 Å². The molecule has 36 heavy (non-hydrogen) atoms. The van der Waals surface area contributed by atoms with E-state index in [0.29, 0.717) is 5.52 Å². The molecule has 2 fully saturated rings. The number of nitrogens with zero attached hydrogens (tertiary/aromatic N) is 3. The molecule has 5 atom stereocenters. The van der Waals surface area contributed by atoms with Gasteiger partial charge in [0.05, 0.1) is 11.2 Å². The summed E-state index contributed by atoms with van der Waals surface area (Å²) in [6.45, 7) is 0.307. The predicted octanol–water partition coefficient (Wildman–Crippen LogP) is -0.341. The number of ether oxygens (including phenoxy) is 1. The highest BCUT2D eigenvalue weighted by atomic mass is 19.1. The van der Waals surface area contributed by atoms with Gasteiger partial charge in [0.25, 0.3) is 0 Å². The van der Waals surface area contributed by atoms with Crippen LogP contribution in [-0.2, 0) is 9.53 Å². The summed E-state index contributed by atoms with van der Waals surface area (Å²) in [5, 5.41) is 48.9. The number of carboxylic acids is 2. The molecule has 1 saturated heterocycles. The number of carbonyl (C=O) groups is 2. The average molecular weight is 505 g/mol. The van der Waals surface area contributed by atoms with Gasteiger partial charge in [-0.05, 0) is 25.0 Å². The van der Waals surface area contributed by atoms with Crippen LogP contribution >= 0.6 is 0 Å². The number of hydrogen-bond donors (Lipinski definition) is 5. The van der Waals surface area contributed by atoms with Crippen molar-refractivity contribution in [3.63, 3.8) is 0 Å². The highest BCUT2D eigenvalue weighted by Crippen LogP contribution is 2.38. The highest BCUT2D eigenvalue weighted by Gasteiger charge is 2.48. The molecule has 0 amide bonds. The third-order valence-corrected chi connectivity index (χ3v) is 6.78. The lowest BCUT2D eigenvalue weighted by Crippen LogP contribution is -2.64. The fraction of sp³-hybridized carbons (Fsp3) is 0.435. The summed E-state index contributed by atoms with van der Waals surface area (Å²) in [5.74, 6) is -3.61. The van der Waals surface area contributed by atoms with Crippen LogP contribution in [0.4, 0.5) is 10.1 Å². The summed E-state index contributed by atoms with van der Waals surface area (Å²) in [7, 11) is 0. The molecule has 1 aliphatic carbocycles. The summed E-state index contributed by atoms with van der Waals surface area (Å²) < 4.78 is 22.2. The van der Waals surface area contributed by atoms with Crippen LogP contribution in [0.25, 0.3) is 10.9 Å². The van der Waals surface area contributed by atoms with Crippen molar-refractivity contribution in [1.82, 2.24) is 9.47 Å². The molecule has 0 radical (unpaired) electrons. The number of aromatic nitrogens is 1. The quantitative estimate of drug-likeness (QED) is 0.360. The van der Waals surface area contributed by atoms with Crippen molar-refractivity contribution in [2.24, 2.45) is 0 Å². The van der Waals surface area contributed by atoms with Gasteiger partial charge in [-0.2, -0.15) is 0 Å². The van der Waals surface area contributed by atoms with Crippen LogP contribution in [0.15, 0.2) is 35.5 Å². The molecule has 13 heteroatoms. The van der Waals surface area contributed by atoms with Gasteiger partial charge < -0.3 is 44.6 Å². The van der Waals surface area contributed by atoms with Crippen LogP contribution in [-0.4, -0.2) is 90.7 Å². The number of halogens is 1. The number of carboxylic acid groups (broad SMARTS) is 2. The molecule has 0 unspecified atom stereocenters. The van der Waals surface area contributed by atoms with Crippen LogP contribution in [0.3, 0.4) is 0 Å². The molecule has 192 valence electrons. The van der Waals surface area contributed by atoms with Crippen LogP contribution in [0.2, 0.25) is 0 Å². The monoisotopic (exact) mass is 505 g/mol. The smallest absolute Gasteiger partial charge is 0.341 e. The number of pyridine rings is 1. The van der Waals surface area contributed by atoms with Gasteiger partial charge in [-0.25, -0.2) is 14.0 Å². The first-order valence-corrected chi connectivity index (χ1v) is 11.3. The number of hydrogen-bond acceptors (Lipinski definition) is 9. The van der Waals surface area contributed by atoms with Gasteiger partial charge in [-0.1, -0.05) is 0 Å². The van der Waals surface area contributed by atoms with E-state index in [2.05, 4.69) is 0 Å². The largest absolute Gasteiger partial charge is 0.479 e. The first-order chi connectivity index (χ1) is 17.1. The zero-order valence-corrected chi connectivity index (χ0v) is 18.8. The lowest BCUT2D eigenvalue weighted by molar-refractivity contribution is -0.253. The molecular weight excluding hydrogens is 481 g/mol. The van der Waals surface area contributed by atoms with Gasteiger partial charge in [0.15, 0.2) is 12.3 Å². The van der Waals surface area contributed by atoms with Crippen molar-refractivity contribution >= 4 is 28.5 Å². The van der Waals surface area contributed by atoms with E-state index in [9.17, 15) is 39.9 Å². The SMILES string of the molecule is O=C(O)c1cn(C2CC2)c2cc(N3C=CN([C@@H]4O[C@H](C(=O)O)[C@@H](O)[C@H](O)[C@H]4O)CC3)c(F)cc2c1=O. The minimum absolute atomic E-state index is 0.0193. The molecule has 3 heterocycles. The first-order valence-electron chi connectivity index (χ1n) is 11.3. The maximum atomic E-state index is 15.1. The second-order valence-corrected chi connectivity index (χ2v) is 9.12. The first kappa shape index (κ1) is 24.2. The van der Waals surface area contributed by atoms with Gasteiger partial charge in [0, 0.05) is 43.1 Å². The Balaban J connectivity index is 1.46. The molecular formula is C23H24FN3O9. The summed E-state index contributed by atoms with van der Waals surface area (Å²) in [6.07, 6.45) is -2.34. The van der Waals surface area contributed by atoms with Gasteiger partial charge in [0.2, 0.25) is 5.43 Å². The summed E-state index contributed by atoms with van der Waals surface area (Å²) in [5.41, 5.74) is -0.642. The summed E-state index contributed by atoms with van der Waals surface area (Å²) in [6, 6.07) is 2.54. The van der Waals surface area contributed by atoms with Crippen LogP contribution in [0.1, 0.15) is 29.2 Å². The fourth-order valence-electron chi connectivity index (χ4n) is 4.68. The molecule has 5 rings (SSSR count). The van der Waals surface area contributed by atoms with Crippen LogP contribution in [0, 0.1) is 5.82 Å². The Bertz CT molecular complexity index is 1320. The van der Waals surface area contributed by atoms with E-state index in [1.165, 1.54) is 29.6 Å². The van der Waals surface area contributed by atoms with Gasteiger partial charge in [-0.15, -0.1) is 0 Å². The Morgan fingerprint density at radius 3 is 2.31 bits per heavy atom. The van der Waals surface area contributed by atoms with E-state index in [1.807, 2.05) is 0 Å². The van der Waals surface area contributed by atoms with Crippen molar-refractivity contribution in [2.75, 3.05) is 18.0 Å². The topological polar surface area (TPSA) is 173 Å². The summed E-state index contributed by atoms with van der Waals surface area (Å²) >= 11 is 0. The Labute approximate surface area is 202 Å². The number of anilines is 1. The molecule has 1 saturated carbocycles. The Morgan fingerprint density at radius 2 is 1.72 bits per heavy atom. The maximum Gasteiger partial charge on any atom is 0.341 e. The number of rotatable bonds is 5. The van der Waals surface area contributed by atoms with E-state index in [1.54, 1.807) is 9.47 Å². The van der Waals surface area contributed by atoms with E-state index < -0.39 is 59.4 Å². The van der Waals surface area contributed by atoms with Crippen molar-refractivity contribution < 1.29 is 44.2 Å². The summed E-state index contributed by atoms with van der Waals surface area (Å²) in [4.78, 5) is 38.5. The average Bonchev–Trinajstić information content (AvgIpc) is 3.68. The fourth-order valence-corrected chi connectivity index (χ4v) is 4.68. The van der Waals surface area contributed by atoms with Gasteiger partial charge in [-0.3, -0.25) is 4.79 Å². The second kappa shape index (κ2) is 8.85. The Hall–Kier alpha value is -3.52. The number of aliphatic hydroxyl groups is 3. The second-order valence-electron chi connectivity index (χ2n) is 9.12. The number of benzene rings is 1. The molecule has 0 spiro atoms. The molecule has 3 aliphatic rings. The van der Waals surface area contributed by atoms with E-state index in [-0.39, 0.29) is 30.2 Å². The zero-order chi connectivity index (χ0) is 25.9. The number of aromatic carboxylic acids is 1. The van der Waals surface area contributed by atoms with E-state index in [4.69, 9.17) is 4.74 Å². The number of fused-ring (bicyclic) bond motifs is 1. The van der Waals surface area contributed by atoms with Crippen LogP contribution < -0.4 is 10.3 Å². The Morgan fingerprint density at radius 1 is 1.00 bits per heavy atom. The van der Waals surface area contributed by atoms with E-state index >= 15 is 4.39 Å². The predicted molar refractivity (Wildman–Crippen MR) is 121 cm³/mol. The number of aliphatic carboxylic acids is 1. The molecule has 1 aromatic heterocycles. The van der Waals surface area contributed by atoms with Crippen molar-refractivity contribution in [3.8, 4) is 0 Å². The minimum Gasteiger partial charge on any atom is -0.479 e. The third kappa shape index (κ3) is 3.99. The zero-order valence-electron chi connectivity index (χ0n) is 18.8. The molecule has 5 N–H and O–H groups in total. The molecule has 12 nitrogen and oxygen atoms in total. The van der Waals surface area contributed by atoms with E-state index in [0.717, 1.165) is 18.9 Å². The Kier molecular flexibility index (Phi) is 5.95. The minimum atomic E-state index is -1.81. The van der Waals surface area contributed by atoms with Gasteiger partial charge >= 0.3 is 11.9 Å². The normalized spacial score (nSPS) is 28.5. The third-order valence-electron chi connectivity index (χ3n) is 6.78. The molecule has 2 aromatic rings. The van der Waals surface area contributed by atoms with Crippen molar-refractivity contribution in [1.29, 1.82) is 0 Å². The van der Waals surface area contributed by atoms with Crippen LogP contribution in [0.5, 0.6) is 0 Å². The number of aliphatic hydroxyl groups excluding tert-OH is 3. The lowest BCUT2D eigenvalue weighted by Gasteiger charge is -2.45. The standard InChI is InChI=1S/C23H24FN3O9/c24-13-7-11-14(27(10-1-2-10)9-12(16(11)28)22(32)33)8-15(13)25-3-5-26(6-4-25)21-19(31)17(29)18(30)20(36-21)23(34)35/h3,5,7-10,17-21,29-31H,1-2,4,6H2,(H,32,33)(H,34,35)/t17-,18-,19+,20-,21+/m0/s1.